The molecule has 0 spiro atoms. The number of carboxylic acids is 1. The molecular formula is C12H15ClO3. The van der Waals surface area contributed by atoms with E-state index in [4.69, 9.17) is 16.7 Å². The molecule has 0 saturated carbocycles. The average Bonchev–Trinajstić information content (AvgIpc) is 2.26. The summed E-state index contributed by atoms with van der Waals surface area (Å²) in [5, 5.41) is 18.4. The molecule has 1 rings (SSSR count). The maximum atomic E-state index is 10.8. The molecule has 0 heterocycles. The lowest BCUT2D eigenvalue weighted by molar-refractivity contribution is -0.147. The minimum absolute atomic E-state index is 0.470. The lowest BCUT2D eigenvalue weighted by atomic mass is 9.94. The monoisotopic (exact) mass is 242 g/mol. The summed E-state index contributed by atoms with van der Waals surface area (Å²) < 4.78 is 0. The van der Waals surface area contributed by atoms with E-state index in [1.165, 1.54) is 0 Å². The van der Waals surface area contributed by atoms with Crippen LogP contribution in [0.4, 0.5) is 0 Å². The number of alkyl halides is 1. The SMILES string of the molecule is Cc1cccc(C(O)C(=O)O)c1CCCCl. The largest absolute Gasteiger partial charge is 0.479 e. The summed E-state index contributed by atoms with van der Waals surface area (Å²) in [5.41, 5.74) is 2.35. The Balaban J connectivity index is 3.06. The second-order valence-electron chi connectivity index (χ2n) is 3.68. The standard InChI is InChI=1S/C12H15ClO3/c1-8-4-2-5-10(11(14)12(15)16)9(8)6-3-7-13/h2,4-5,11,14H,3,6-7H2,1H3,(H,15,16). The maximum Gasteiger partial charge on any atom is 0.337 e. The third-order valence-electron chi connectivity index (χ3n) is 2.54. The van der Waals surface area contributed by atoms with Gasteiger partial charge in [0.1, 0.15) is 0 Å². The number of carboxylic acid groups (broad SMARTS) is 1. The fourth-order valence-corrected chi connectivity index (χ4v) is 1.83. The van der Waals surface area contributed by atoms with Gasteiger partial charge in [0.15, 0.2) is 6.10 Å². The zero-order valence-corrected chi connectivity index (χ0v) is 9.87. The van der Waals surface area contributed by atoms with E-state index in [2.05, 4.69) is 0 Å². The Morgan fingerprint density at radius 3 is 2.75 bits per heavy atom. The van der Waals surface area contributed by atoms with Gasteiger partial charge in [-0.25, -0.2) is 4.79 Å². The highest BCUT2D eigenvalue weighted by molar-refractivity contribution is 6.17. The molecule has 1 atom stereocenters. The number of hydrogen-bond donors (Lipinski definition) is 2. The number of aliphatic hydroxyl groups is 1. The van der Waals surface area contributed by atoms with Crippen LogP contribution >= 0.6 is 11.6 Å². The number of aryl methyl sites for hydroxylation is 1. The van der Waals surface area contributed by atoms with Crippen LogP contribution in [-0.2, 0) is 11.2 Å². The van der Waals surface area contributed by atoms with E-state index in [-0.39, 0.29) is 0 Å². The van der Waals surface area contributed by atoms with Gasteiger partial charge in [-0.15, -0.1) is 11.6 Å². The van der Waals surface area contributed by atoms with Crippen molar-refractivity contribution < 1.29 is 15.0 Å². The van der Waals surface area contributed by atoms with E-state index in [1.54, 1.807) is 12.1 Å². The number of aliphatic carboxylic acids is 1. The highest BCUT2D eigenvalue weighted by atomic mass is 35.5. The van der Waals surface area contributed by atoms with Crippen molar-refractivity contribution in [3.63, 3.8) is 0 Å². The van der Waals surface area contributed by atoms with Crippen molar-refractivity contribution in [3.8, 4) is 0 Å². The first-order valence-electron chi connectivity index (χ1n) is 5.13. The lowest BCUT2D eigenvalue weighted by Gasteiger charge is -2.14. The van der Waals surface area contributed by atoms with Gasteiger partial charge in [-0.1, -0.05) is 18.2 Å². The van der Waals surface area contributed by atoms with Crippen LogP contribution in [0.3, 0.4) is 0 Å². The van der Waals surface area contributed by atoms with Crippen LogP contribution in [0, 0.1) is 6.92 Å². The smallest absolute Gasteiger partial charge is 0.337 e. The minimum Gasteiger partial charge on any atom is -0.479 e. The molecule has 0 fully saturated rings. The molecule has 2 N–H and O–H groups in total. The third-order valence-corrected chi connectivity index (χ3v) is 2.80. The average molecular weight is 243 g/mol. The third kappa shape index (κ3) is 2.97. The van der Waals surface area contributed by atoms with Gasteiger partial charge in [-0.2, -0.15) is 0 Å². The van der Waals surface area contributed by atoms with E-state index < -0.39 is 12.1 Å². The van der Waals surface area contributed by atoms with Gasteiger partial charge in [-0.05, 0) is 36.5 Å². The lowest BCUT2D eigenvalue weighted by Crippen LogP contribution is -2.13. The van der Waals surface area contributed by atoms with Crippen molar-refractivity contribution in [1.82, 2.24) is 0 Å². The zero-order valence-electron chi connectivity index (χ0n) is 9.11. The molecule has 1 aromatic carbocycles. The molecule has 0 bridgehead atoms. The van der Waals surface area contributed by atoms with Gasteiger partial charge < -0.3 is 10.2 Å². The van der Waals surface area contributed by atoms with E-state index in [1.807, 2.05) is 13.0 Å². The first-order chi connectivity index (χ1) is 7.57. The summed E-state index contributed by atoms with van der Waals surface area (Å²) in [6.45, 7) is 1.90. The Hall–Kier alpha value is -1.06. The molecule has 0 aliphatic rings. The summed E-state index contributed by atoms with van der Waals surface area (Å²) in [6.07, 6.45) is 0.00642. The Bertz CT molecular complexity index is 377. The number of carbonyl (C=O) groups is 1. The molecule has 4 heteroatoms. The van der Waals surface area contributed by atoms with E-state index in [9.17, 15) is 9.90 Å². The molecular weight excluding hydrogens is 228 g/mol. The first-order valence-corrected chi connectivity index (χ1v) is 5.66. The van der Waals surface area contributed by atoms with E-state index in [0.717, 1.165) is 17.5 Å². The molecule has 88 valence electrons. The molecule has 1 aromatic rings. The molecule has 0 saturated heterocycles. The van der Waals surface area contributed by atoms with Gasteiger partial charge in [0.05, 0.1) is 0 Å². The molecule has 0 radical (unpaired) electrons. The van der Waals surface area contributed by atoms with Gasteiger partial charge in [0.25, 0.3) is 0 Å². The highest BCUT2D eigenvalue weighted by Crippen LogP contribution is 2.23. The number of rotatable bonds is 5. The molecule has 16 heavy (non-hydrogen) atoms. The molecule has 1 unspecified atom stereocenters. The maximum absolute atomic E-state index is 10.8. The second-order valence-corrected chi connectivity index (χ2v) is 4.05. The normalized spacial score (nSPS) is 12.4. The molecule has 0 aliphatic carbocycles. The van der Waals surface area contributed by atoms with Crippen LogP contribution in [0.15, 0.2) is 18.2 Å². The van der Waals surface area contributed by atoms with Crippen molar-refractivity contribution in [2.24, 2.45) is 0 Å². The van der Waals surface area contributed by atoms with Gasteiger partial charge in [0, 0.05) is 5.88 Å². The van der Waals surface area contributed by atoms with Crippen molar-refractivity contribution in [3.05, 3.63) is 34.9 Å². The minimum atomic E-state index is -1.45. The predicted molar refractivity (Wildman–Crippen MR) is 62.8 cm³/mol. The van der Waals surface area contributed by atoms with Gasteiger partial charge in [0.2, 0.25) is 0 Å². The Morgan fingerprint density at radius 2 is 2.19 bits per heavy atom. The fourth-order valence-electron chi connectivity index (χ4n) is 1.70. The summed E-state index contributed by atoms with van der Waals surface area (Å²) in [6, 6.07) is 5.30. The van der Waals surface area contributed by atoms with Crippen LogP contribution < -0.4 is 0 Å². The van der Waals surface area contributed by atoms with Crippen molar-refractivity contribution >= 4 is 17.6 Å². The number of hydrogen-bond acceptors (Lipinski definition) is 2. The van der Waals surface area contributed by atoms with Gasteiger partial charge in [-0.3, -0.25) is 0 Å². The van der Waals surface area contributed by atoms with Crippen LogP contribution in [0.2, 0.25) is 0 Å². The summed E-state index contributed by atoms with van der Waals surface area (Å²) in [7, 11) is 0. The number of benzene rings is 1. The molecule has 0 aromatic heterocycles. The highest BCUT2D eigenvalue weighted by Gasteiger charge is 2.19. The van der Waals surface area contributed by atoms with Crippen molar-refractivity contribution in [2.75, 3.05) is 5.88 Å². The van der Waals surface area contributed by atoms with Crippen LogP contribution in [0.25, 0.3) is 0 Å². The summed E-state index contributed by atoms with van der Waals surface area (Å²) >= 11 is 5.62. The Kier molecular flexibility index (Phi) is 4.77. The van der Waals surface area contributed by atoms with E-state index in [0.29, 0.717) is 17.9 Å². The summed E-state index contributed by atoms with van der Waals surface area (Å²) in [5.74, 6) is -0.700. The Labute approximate surface area is 99.7 Å². The number of halogens is 1. The van der Waals surface area contributed by atoms with Crippen LogP contribution in [0.5, 0.6) is 0 Å². The van der Waals surface area contributed by atoms with E-state index >= 15 is 0 Å². The van der Waals surface area contributed by atoms with Crippen LogP contribution in [-0.4, -0.2) is 22.1 Å². The molecule has 3 nitrogen and oxygen atoms in total. The molecule has 0 amide bonds. The van der Waals surface area contributed by atoms with Gasteiger partial charge >= 0.3 is 5.97 Å². The molecule has 0 aliphatic heterocycles. The summed E-state index contributed by atoms with van der Waals surface area (Å²) in [4.78, 5) is 10.8. The fraction of sp³-hybridized carbons (Fsp3) is 0.417. The predicted octanol–water partition coefficient (Wildman–Crippen LogP) is 2.28. The van der Waals surface area contributed by atoms with Crippen LogP contribution in [0.1, 0.15) is 29.2 Å². The first kappa shape index (κ1) is 13.0. The Morgan fingerprint density at radius 1 is 1.50 bits per heavy atom. The topological polar surface area (TPSA) is 57.5 Å². The van der Waals surface area contributed by atoms with Crippen molar-refractivity contribution in [1.29, 1.82) is 0 Å². The number of aliphatic hydroxyl groups excluding tert-OH is 1. The zero-order chi connectivity index (χ0) is 12.1. The van der Waals surface area contributed by atoms with Crippen molar-refractivity contribution in [2.45, 2.75) is 25.9 Å². The second kappa shape index (κ2) is 5.87. The quantitative estimate of drug-likeness (QED) is 0.779.